The van der Waals surface area contributed by atoms with E-state index in [1.807, 2.05) is 13.8 Å². The fourth-order valence-electron chi connectivity index (χ4n) is 3.54. The number of likely N-dealkylation sites (tertiary alicyclic amines) is 1. The molecular weight excluding hydrogens is 256 g/mol. The van der Waals surface area contributed by atoms with Crippen molar-refractivity contribution in [2.75, 3.05) is 13.1 Å². The van der Waals surface area contributed by atoms with Crippen molar-refractivity contribution in [3.05, 3.63) is 0 Å². The Morgan fingerprint density at radius 2 is 1.85 bits per heavy atom. The second-order valence-electron chi connectivity index (χ2n) is 6.74. The normalized spacial score (nSPS) is 34.5. The SMILES string of the molecule is CC(C)C1(C(=O)O)CCN(C(=O)C2CCC(N)CC2)C1. The van der Waals surface area contributed by atoms with E-state index in [9.17, 15) is 14.7 Å². The van der Waals surface area contributed by atoms with Crippen LogP contribution in [0.15, 0.2) is 0 Å². The molecule has 114 valence electrons. The maximum absolute atomic E-state index is 12.5. The molecule has 0 aromatic heterocycles. The van der Waals surface area contributed by atoms with Crippen LogP contribution in [0.3, 0.4) is 0 Å². The largest absolute Gasteiger partial charge is 0.481 e. The molecule has 1 amide bonds. The quantitative estimate of drug-likeness (QED) is 0.821. The van der Waals surface area contributed by atoms with E-state index in [-0.39, 0.29) is 23.8 Å². The number of hydrogen-bond acceptors (Lipinski definition) is 3. The molecule has 2 aliphatic rings. The van der Waals surface area contributed by atoms with E-state index >= 15 is 0 Å². The molecule has 1 aliphatic heterocycles. The van der Waals surface area contributed by atoms with Crippen LogP contribution < -0.4 is 5.73 Å². The minimum atomic E-state index is -0.770. The number of carboxylic acid groups (broad SMARTS) is 1. The molecule has 1 saturated carbocycles. The molecule has 0 aromatic carbocycles. The Labute approximate surface area is 120 Å². The van der Waals surface area contributed by atoms with Gasteiger partial charge in [0.1, 0.15) is 0 Å². The number of hydrogen-bond donors (Lipinski definition) is 2. The first kappa shape index (κ1) is 15.3. The topological polar surface area (TPSA) is 83.6 Å². The molecule has 3 N–H and O–H groups in total. The van der Waals surface area contributed by atoms with Crippen molar-refractivity contribution in [2.24, 2.45) is 23.0 Å². The van der Waals surface area contributed by atoms with Gasteiger partial charge in [0, 0.05) is 25.0 Å². The van der Waals surface area contributed by atoms with Crippen LogP contribution in [0.25, 0.3) is 0 Å². The van der Waals surface area contributed by atoms with Gasteiger partial charge in [0.15, 0.2) is 0 Å². The third-order valence-electron chi connectivity index (χ3n) is 5.26. The zero-order valence-corrected chi connectivity index (χ0v) is 12.5. The zero-order valence-electron chi connectivity index (χ0n) is 12.5. The van der Waals surface area contributed by atoms with Crippen molar-refractivity contribution in [1.29, 1.82) is 0 Å². The molecule has 1 unspecified atom stereocenters. The highest BCUT2D eigenvalue weighted by molar-refractivity contribution is 5.82. The summed E-state index contributed by atoms with van der Waals surface area (Å²) in [5, 5.41) is 9.52. The van der Waals surface area contributed by atoms with Crippen molar-refractivity contribution in [3.63, 3.8) is 0 Å². The number of carbonyl (C=O) groups is 2. The van der Waals surface area contributed by atoms with Gasteiger partial charge in [0.25, 0.3) is 0 Å². The number of carboxylic acids is 1. The smallest absolute Gasteiger partial charge is 0.311 e. The van der Waals surface area contributed by atoms with Gasteiger partial charge < -0.3 is 15.7 Å². The molecule has 5 nitrogen and oxygen atoms in total. The predicted molar refractivity (Wildman–Crippen MR) is 76.0 cm³/mol. The second kappa shape index (κ2) is 5.72. The Balaban J connectivity index is 2.01. The molecule has 2 fully saturated rings. The van der Waals surface area contributed by atoms with Gasteiger partial charge >= 0.3 is 5.97 Å². The third kappa shape index (κ3) is 2.68. The summed E-state index contributed by atoms with van der Waals surface area (Å²) >= 11 is 0. The van der Waals surface area contributed by atoms with Gasteiger partial charge in [-0.2, -0.15) is 0 Å². The van der Waals surface area contributed by atoms with Crippen molar-refractivity contribution >= 4 is 11.9 Å². The molecule has 2 rings (SSSR count). The molecule has 1 saturated heterocycles. The summed E-state index contributed by atoms with van der Waals surface area (Å²) in [5.41, 5.74) is 5.11. The van der Waals surface area contributed by atoms with Gasteiger partial charge in [-0.15, -0.1) is 0 Å². The monoisotopic (exact) mass is 282 g/mol. The molecule has 5 heteroatoms. The fourth-order valence-corrected chi connectivity index (χ4v) is 3.54. The van der Waals surface area contributed by atoms with Crippen LogP contribution in [-0.4, -0.2) is 41.0 Å². The predicted octanol–water partition coefficient (Wildman–Crippen LogP) is 1.46. The molecule has 1 atom stereocenters. The first-order valence-electron chi connectivity index (χ1n) is 7.64. The van der Waals surface area contributed by atoms with Gasteiger partial charge in [-0.1, -0.05) is 13.8 Å². The molecule has 0 aromatic rings. The number of rotatable bonds is 3. The second-order valence-corrected chi connectivity index (χ2v) is 6.74. The highest BCUT2D eigenvalue weighted by Gasteiger charge is 2.49. The van der Waals surface area contributed by atoms with Crippen LogP contribution in [0, 0.1) is 17.3 Å². The summed E-state index contributed by atoms with van der Waals surface area (Å²) in [6.07, 6.45) is 4.06. The number of carbonyl (C=O) groups excluding carboxylic acids is 1. The van der Waals surface area contributed by atoms with E-state index in [2.05, 4.69) is 0 Å². The summed E-state index contributed by atoms with van der Waals surface area (Å²) in [7, 11) is 0. The van der Waals surface area contributed by atoms with Crippen LogP contribution >= 0.6 is 0 Å². The minimum absolute atomic E-state index is 0.0394. The van der Waals surface area contributed by atoms with Crippen LogP contribution in [0.4, 0.5) is 0 Å². The number of nitrogens with two attached hydrogens (primary N) is 1. The number of aliphatic carboxylic acids is 1. The standard InChI is InChI=1S/C15H26N2O3/c1-10(2)15(14(19)20)7-8-17(9-15)13(18)11-3-5-12(16)6-4-11/h10-12H,3-9,16H2,1-2H3,(H,19,20). The van der Waals surface area contributed by atoms with Crippen molar-refractivity contribution < 1.29 is 14.7 Å². The third-order valence-corrected chi connectivity index (χ3v) is 5.26. The molecule has 0 bridgehead atoms. The summed E-state index contributed by atoms with van der Waals surface area (Å²) in [5.74, 6) is -0.543. The Morgan fingerprint density at radius 1 is 1.25 bits per heavy atom. The van der Waals surface area contributed by atoms with Crippen molar-refractivity contribution in [3.8, 4) is 0 Å². The van der Waals surface area contributed by atoms with Gasteiger partial charge in [0.05, 0.1) is 5.41 Å². The summed E-state index contributed by atoms with van der Waals surface area (Å²) in [6, 6.07) is 0.228. The summed E-state index contributed by atoms with van der Waals surface area (Å²) in [4.78, 5) is 25.9. The van der Waals surface area contributed by atoms with Gasteiger partial charge in [0.2, 0.25) is 5.91 Å². The Morgan fingerprint density at radius 3 is 2.30 bits per heavy atom. The number of amides is 1. The minimum Gasteiger partial charge on any atom is -0.481 e. The van der Waals surface area contributed by atoms with Crippen LogP contribution in [0.2, 0.25) is 0 Å². The molecule has 1 heterocycles. The molecule has 1 aliphatic carbocycles. The van der Waals surface area contributed by atoms with E-state index < -0.39 is 11.4 Å². The zero-order chi connectivity index (χ0) is 14.9. The summed E-state index contributed by atoms with van der Waals surface area (Å²) < 4.78 is 0. The van der Waals surface area contributed by atoms with Crippen molar-refractivity contribution in [1.82, 2.24) is 4.90 Å². The first-order valence-corrected chi connectivity index (χ1v) is 7.64. The van der Waals surface area contributed by atoms with Gasteiger partial charge in [-0.25, -0.2) is 0 Å². The lowest BCUT2D eigenvalue weighted by Gasteiger charge is -2.31. The highest BCUT2D eigenvalue weighted by Crippen LogP contribution is 2.39. The van der Waals surface area contributed by atoms with Crippen LogP contribution in [0.5, 0.6) is 0 Å². The molecule has 0 spiro atoms. The van der Waals surface area contributed by atoms with E-state index in [0.717, 1.165) is 25.7 Å². The molecule has 0 radical (unpaired) electrons. The Kier molecular flexibility index (Phi) is 4.37. The molecule has 20 heavy (non-hydrogen) atoms. The maximum Gasteiger partial charge on any atom is 0.311 e. The van der Waals surface area contributed by atoms with Gasteiger partial charge in [-0.05, 0) is 38.0 Å². The number of nitrogens with zero attached hydrogens (tertiary/aromatic N) is 1. The lowest BCUT2D eigenvalue weighted by molar-refractivity contribution is -0.151. The van der Waals surface area contributed by atoms with Gasteiger partial charge in [-0.3, -0.25) is 9.59 Å². The maximum atomic E-state index is 12.5. The van der Waals surface area contributed by atoms with E-state index in [1.165, 1.54) is 0 Å². The Hall–Kier alpha value is -1.10. The van der Waals surface area contributed by atoms with Crippen LogP contribution in [0.1, 0.15) is 46.0 Å². The highest BCUT2D eigenvalue weighted by atomic mass is 16.4. The summed E-state index contributed by atoms with van der Waals surface area (Å²) in [6.45, 7) is 4.80. The Bertz CT molecular complexity index is 389. The average Bonchev–Trinajstić information content (AvgIpc) is 2.85. The van der Waals surface area contributed by atoms with Crippen molar-refractivity contribution in [2.45, 2.75) is 52.0 Å². The lowest BCUT2D eigenvalue weighted by Crippen LogP contribution is -2.43. The van der Waals surface area contributed by atoms with Crippen LogP contribution in [-0.2, 0) is 9.59 Å². The fraction of sp³-hybridized carbons (Fsp3) is 0.867. The average molecular weight is 282 g/mol. The first-order chi connectivity index (χ1) is 9.36. The molecular formula is C15H26N2O3. The van der Waals surface area contributed by atoms with E-state index in [1.54, 1.807) is 4.90 Å². The lowest BCUT2D eigenvalue weighted by atomic mass is 9.76. The van der Waals surface area contributed by atoms with E-state index in [4.69, 9.17) is 5.73 Å². The van der Waals surface area contributed by atoms with E-state index in [0.29, 0.717) is 19.5 Å².